The summed E-state index contributed by atoms with van der Waals surface area (Å²) in [6.07, 6.45) is 0. The van der Waals surface area contributed by atoms with E-state index in [1.807, 2.05) is 37.4 Å². The topological polar surface area (TPSA) is 68.6 Å². The maximum Gasteiger partial charge on any atom is 0.271 e. The van der Waals surface area contributed by atoms with E-state index in [0.717, 1.165) is 60.6 Å². The normalized spacial score (nSPS) is 14.8. The highest BCUT2D eigenvalue weighted by atomic mass is 16.5. The summed E-state index contributed by atoms with van der Waals surface area (Å²) in [5.74, 6) is 0.669. The molecule has 1 amide bonds. The quantitative estimate of drug-likeness (QED) is 0.695. The second kappa shape index (κ2) is 8.63. The fourth-order valence-corrected chi connectivity index (χ4v) is 3.60. The minimum Gasteiger partial charge on any atom is -0.497 e. The minimum atomic E-state index is -0.150. The number of nitrogens with zero attached hydrogens (tertiary/aromatic N) is 3. The summed E-state index contributed by atoms with van der Waals surface area (Å²) in [4.78, 5) is 14.8. The average Bonchev–Trinajstić information content (AvgIpc) is 3.15. The van der Waals surface area contributed by atoms with Crippen LogP contribution in [-0.4, -0.2) is 67.1 Å². The Morgan fingerprint density at radius 2 is 1.93 bits per heavy atom. The first-order valence-corrected chi connectivity index (χ1v) is 9.84. The average molecular weight is 394 g/mol. The fourth-order valence-electron chi connectivity index (χ4n) is 3.60. The summed E-state index contributed by atoms with van der Waals surface area (Å²) in [7, 11) is 3.52. The van der Waals surface area contributed by atoms with E-state index in [4.69, 9.17) is 9.47 Å². The van der Waals surface area contributed by atoms with Crippen LogP contribution in [0.5, 0.6) is 5.75 Å². The Morgan fingerprint density at radius 1 is 1.14 bits per heavy atom. The maximum absolute atomic E-state index is 12.5. The predicted octanol–water partition coefficient (Wildman–Crippen LogP) is 2.31. The zero-order chi connectivity index (χ0) is 20.2. The van der Waals surface area contributed by atoms with Crippen LogP contribution in [0.15, 0.2) is 42.5 Å². The number of rotatable bonds is 6. The Bertz CT molecular complexity index is 1010. The number of nitrogens with one attached hydrogen (secondary N) is 1. The van der Waals surface area contributed by atoms with Gasteiger partial charge in [0.15, 0.2) is 5.69 Å². The van der Waals surface area contributed by atoms with Crippen LogP contribution in [0.3, 0.4) is 0 Å². The lowest BCUT2D eigenvalue weighted by molar-refractivity contribution is 0.0383. The van der Waals surface area contributed by atoms with E-state index in [0.29, 0.717) is 12.2 Å². The molecule has 152 valence electrons. The van der Waals surface area contributed by atoms with Crippen molar-refractivity contribution in [1.82, 2.24) is 20.0 Å². The molecule has 0 radical (unpaired) electrons. The van der Waals surface area contributed by atoms with Crippen LogP contribution < -0.4 is 10.1 Å². The van der Waals surface area contributed by atoms with Crippen LogP contribution in [0.1, 0.15) is 10.5 Å². The van der Waals surface area contributed by atoms with Gasteiger partial charge in [-0.2, -0.15) is 5.10 Å². The number of benzene rings is 2. The zero-order valence-corrected chi connectivity index (χ0v) is 16.9. The molecule has 7 nitrogen and oxygen atoms in total. The molecule has 0 atom stereocenters. The van der Waals surface area contributed by atoms with E-state index >= 15 is 0 Å². The van der Waals surface area contributed by atoms with Crippen LogP contribution in [0.4, 0.5) is 0 Å². The molecule has 0 bridgehead atoms. The second-order valence-electron chi connectivity index (χ2n) is 7.18. The van der Waals surface area contributed by atoms with Gasteiger partial charge in [-0.15, -0.1) is 0 Å². The molecular weight excluding hydrogens is 368 g/mol. The standard InChI is InChI=1S/C22H26N4O3/c1-25-21(17-4-3-16-5-6-19(28-2)14-18(16)13-17)15-20(24-25)22(27)23-7-8-26-9-11-29-12-10-26/h3-6,13-15H,7-12H2,1-2H3,(H,23,27). The van der Waals surface area contributed by atoms with E-state index in [1.54, 1.807) is 11.8 Å². The van der Waals surface area contributed by atoms with Crippen molar-refractivity contribution in [3.8, 4) is 17.0 Å². The number of amides is 1. The van der Waals surface area contributed by atoms with Gasteiger partial charge in [0, 0.05) is 38.8 Å². The van der Waals surface area contributed by atoms with Crippen molar-refractivity contribution in [2.75, 3.05) is 46.5 Å². The molecule has 1 N–H and O–H groups in total. The van der Waals surface area contributed by atoms with Gasteiger partial charge in [-0.1, -0.05) is 18.2 Å². The largest absolute Gasteiger partial charge is 0.497 e. The number of methoxy groups -OCH3 is 1. The smallest absolute Gasteiger partial charge is 0.271 e. The minimum absolute atomic E-state index is 0.150. The lowest BCUT2D eigenvalue weighted by Gasteiger charge is -2.26. The van der Waals surface area contributed by atoms with Crippen molar-refractivity contribution in [3.63, 3.8) is 0 Å². The Morgan fingerprint density at radius 3 is 2.72 bits per heavy atom. The number of carbonyl (C=O) groups excluding carboxylic acids is 1. The summed E-state index contributed by atoms with van der Waals surface area (Å²) in [5.41, 5.74) is 2.33. The Hall–Kier alpha value is -2.90. The number of morpholine rings is 1. The summed E-state index contributed by atoms with van der Waals surface area (Å²) in [6, 6.07) is 14.0. The number of carbonyl (C=O) groups is 1. The SMILES string of the molecule is COc1ccc2ccc(-c3cc(C(=O)NCCN4CCOCC4)nn3C)cc2c1. The molecule has 1 saturated heterocycles. The first-order chi connectivity index (χ1) is 14.1. The van der Waals surface area contributed by atoms with Gasteiger partial charge >= 0.3 is 0 Å². The molecule has 1 aliphatic rings. The first-order valence-electron chi connectivity index (χ1n) is 9.84. The highest BCUT2D eigenvalue weighted by Gasteiger charge is 2.15. The molecule has 1 fully saturated rings. The molecule has 0 spiro atoms. The number of aromatic nitrogens is 2. The predicted molar refractivity (Wildman–Crippen MR) is 112 cm³/mol. The van der Waals surface area contributed by atoms with Crippen LogP contribution in [-0.2, 0) is 11.8 Å². The van der Waals surface area contributed by atoms with E-state index in [9.17, 15) is 4.79 Å². The maximum atomic E-state index is 12.5. The van der Waals surface area contributed by atoms with Crippen molar-refractivity contribution in [1.29, 1.82) is 0 Å². The Kier molecular flexibility index (Phi) is 5.78. The third-order valence-electron chi connectivity index (χ3n) is 5.27. The highest BCUT2D eigenvalue weighted by molar-refractivity contribution is 5.94. The molecule has 29 heavy (non-hydrogen) atoms. The van der Waals surface area contributed by atoms with Gasteiger partial charge in [-0.3, -0.25) is 14.4 Å². The molecular formula is C22H26N4O3. The molecule has 7 heteroatoms. The number of hydrogen-bond donors (Lipinski definition) is 1. The molecule has 2 heterocycles. The van der Waals surface area contributed by atoms with E-state index in [2.05, 4.69) is 27.4 Å². The molecule has 0 saturated carbocycles. The Labute approximate surface area is 170 Å². The van der Waals surface area contributed by atoms with Gasteiger partial charge < -0.3 is 14.8 Å². The highest BCUT2D eigenvalue weighted by Crippen LogP contribution is 2.27. The van der Waals surface area contributed by atoms with Crippen LogP contribution in [0.25, 0.3) is 22.0 Å². The summed E-state index contributed by atoms with van der Waals surface area (Å²) < 4.78 is 12.4. The summed E-state index contributed by atoms with van der Waals surface area (Å²) >= 11 is 0. The molecule has 0 aliphatic carbocycles. The second-order valence-corrected chi connectivity index (χ2v) is 7.18. The van der Waals surface area contributed by atoms with Gasteiger partial charge in [-0.05, 0) is 35.0 Å². The summed E-state index contributed by atoms with van der Waals surface area (Å²) in [6.45, 7) is 4.76. The molecule has 1 aliphatic heterocycles. The third kappa shape index (κ3) is 4.41. The zero-order valence-electron chi connectivity index (χ0n) is 16.9. The number of aryl methyl sites for hydroxylation is 1. The number of ether oxygens (including phenoxy) is 2. The van der Waals surface area contributed by atoms with Gasteiger partial charge in [0.1, 0.15) is 5.75 Å². The van der Waals surface area contributed by atoms with Crippen LogP contribution >= 0.6 is 0 Å². The van der Waals surface area contributed by atoms with E-state index in [-0.39, 0.29) is 5.91 Å². The third-order valence-corrected chi connectivity index (χ3v) is 5.27. The van der Waals surface area contributed by atoms with Crippen molar-refractivity contribution in [2.24, 2.45) is 7.05 Å². The van der Waals surface area contributed by atoms with Gasteiger partial charge in [0.25, 0.3) is 5.91 Å². The number of fused-ring (bicyclic) bond motifs is 1. The van der Waals surface area contributed by atoms with Crippen LogP contribution in [0, 0.1) is 0 Å². The van der Waals surface area contributed by atoms with Gasteiger partial charge in [0.05, 0.1) is 26.0 Å². The van der Waals surface area contributed by atoms with Crippen molar-refractivity contribution < 1.29 is 14.3 Å². The number of hydrogen-bond acceptors (Lipinski definition) is 5. The monoisotopic (exact) mass is 394 g/mol. The molecule has 4 rings (SSSR count). The lowest BCUT2D eigenvalue weighted by Crippen LogP contribution is -2.41. The van der Waals surface area contributed by atoms with Gasteiger partial charge in [0.2, 0.25) is 0 Å². The molecule has 2 aromatic carbocycles. The molecule has 1 aromatic heterocycles. The fraction of sp³-hybridized carbons (Fsp3) is 0.364. The van der Waals surface area contributed by atoms with Crippen LogP contribution in [0.2, 0.25) is 0 Å². The molecule has 3 aromatic rings. The van der Waals surface area contributed by atoms with Crippen molar-refractivity contribution in [2.45, 2.75) is 0 Å². The summed E-state index contributed by atoms with van der Waals surface area (Å²) in [5, 5.41) is 9.60. The van der Waals surface area contributed by atoms with E-state index < -0.39 is 0 Å². The Balaban J connectivity index is 1.47. The van der Waals surface area contributed by atoms with Crippen molar-refractivity contribution in [3.05, 3.63) is 48.2 Å². The van der Waals surface area contributed by atoms with Crippen molar-refractivity contribution >= 4 is 16.7 Å². The van der Waals surface area contributed by atoms with E-state index in [1.165, 1.54) is 0 Å². The first kappa shape index (κ1) is 19.4. The van der Waals surface area contributed by atoms with Gasteiger partial charge in [-0.25, -0.2) is 0 Å². The molecule has 0 unspecified atom stereocenters. The lowest BCUT2D eigenvalue weighted by atomic mass is 10.0.